The molecule has 0 bridgehead atoms. The number of imide groups is 1. The molecule has 11 heteroatoms. The summed E-state index contributed by atoms with van der Waals surface area (Å²) < 4.78 is 16.8. The van der Waals surface area contributed by atoms with Crippen LogP contribution in [0.15, 0.2) is 39.7 Å². The number of esters is 1. The van der Waals surface area contributed by atoms with E-state index in [0.29, 0.717) is 22.7 Å². The van der Waals surface area contributed by atoms with Gasteiger partial charge in [0.15, 0.2) is 18.1 Å². The molecule has 1 aliphatic heterocycles. The van der Waals surface area contributed by atoms with Crippen LogP contribution in [0.5, 0.6) is 11.5 Å². The van der Waals surface area contributed by atoms with E-state index >= 15 is 0 Å². The molecule has 2 aromatic carbocycles. The summed E-state index contributed by atoms with van der Waals surface area (Å²) in [6.45, 7) is 5.00. The highest BCUT2D eigenvalue weighted by Gasteiger charge is 2.36. The second kappa shape index (κ2) is 12.1. The van der Waals surface area contributed by atoms with Gasteiger partial charge in [-0.25, -0.2) is 0 Å². The van der Waals surface area contributed by atoms with E-state index in [9.17, 15) is 19.2 Å². The van der Waals surface area contributed by atoms with E-state index in [1.165, 1.54) is 13.2 Å². The number of ether oxygens (including phenoxy) is 3. The average molecular weight is 577 g/mol. The van der Waals surface area contributed by atoms with Crippen molar-refractivity contribution in [2.24, 2.45) is 0 Å². The maximum absolute atomic E-state index is 12.6. The fourth-order valence-electron chi connectivity index (χ4n) is 3.27. The summed E-state index contributed by atoms with van der Waals surface area (Å²) >= 11 is 4.20. The number of thioether (sulfide) groups is 1. The minimum absolute atomic E-state index is 0.157. The summed E-state index contributed by atoms with van der Waals surface area (Å²) in [6, 6.07) is 8.57. The Labute approximate surface area is 221 Å². The number of methoxy groups -OCH3 is 1. The minimum atomic E-state index is -0.654. The van der Waals surface area contributed by atoms with E-state index in [-0.39, 0.29) is 24.0 Å². The summed E-state index contributed by atoms with van der Waals surface area (Å²) in [7, 11) is 1.45. The van der Waals surface area contributed by atoms with Crippen molar-refractivity contribution in [1.82, 2.24) is 4.90 Å². The maximum atomic E-state index is 12.6. The number of carbonyl (C=O) groups excluding carboxylic acids is 4. The molecule has 1 fully saturated rings. The zero-order chi connectivity index (χ0) is 26.4. The molecular formula is C25H25BrN2O7S. The number of nitrogens with one attached hydrogen (secondary N) is 1. The average Bonchev–Trinajstić information content (AvgIpc) is 3.10. The Morgan fingerprint density at radius 1 is 1.11 bits per heavy atom. The highest BCUT2D eigenvalue weighted by Crippen LogP contribution is 2.34. The van der Waals surface area contributed by atoms with Crippen molar-refractivity contribution in [3.8, 4) is 11.5 Å². The fraction of sp³-hybridized carbons (Fsp3) is 0.280. The number of carbonyl (C=O) groups is 4. The van der Waals surface area contributed by atoms with Crippen molar-refractivity contribution in [2.45, 2.75) is 20.8 Å². The molecule has 1 aliphatic rings. The van der Waals surface area contributed by atoms with Gasteiger partial charge in [-0.05, 0) is 79.6 Å². The molecule has 190 valence electrons. The van der Waals surface area contributed by atoms with Gasteiger partial charge in [0.2, 0.25) is 0 Å². The van der Waals surface area contributed by atoms with Crippen LogP contribution in [0.4, 0.5) is 10.5 Å². The molecule has 1 saturated heterocycles. The maximum Gasteiger partial charge on any atom is 0.326 e. The SMILES string of the molecule is CCOC(=O)CN1C(=O)S/C(=C\c2ccc(OCC(=O)Nc3ccc(Br)c(C)c3C)c(OC)c2)C1=O. The largest absolute Gasteiger partial charge is 0.493 e. The third-order valence-electron chi connectivity index (χ3n) is 5.31. The van der Waals surface area contributed by atoms with Crippen LogP contribution >= 0.6 is 27.7 Å². The van der Waals surface area contributed by atoms with Crippen LogP contribution in [0.3, 0.4) is 0 Å². The normalized spacial score (nSPS) is 14.2. The Morgan fingerprint density at radius 2 is 1.86 bits per heavy atom. The molecule has 1 heterocycles. The smallest absolute Gasteiger partial charge is 0.326 e. The summed E-state index contributed by atoms with van der Waals surface area (Å²) in [5.74, 6) is -0.880. The predicted octanol–water partition coefficient (Wildman–Crippen LogP) is 4.69. The van der Waals surface area contributed by atoms with Crippen molar-refractivity contribution < 1.29 is 33.4 Å². The number of benzene rings is 2. The summed E-state index contributed by atoms with van der Waals surface area (Å²) in [5.41, 5.74) is 3.26. The molecule has 0 radical (unpaired) electrons. The molecule has 36 heavy (non-hydrogen) atoms. The third kappa shape index (κ3) is 6.46. The standard InChI is InChI=1S/C25H25BrN2O7S/c1-5-34-23(30)12-28-24(31)21(36-25(28)32)11-16-6-9-19(20(10-16)33-4)35-13-22(29)27-18-8-7-17(26)14(2)15(18)3/h6-11H,5,12-13H2,1-4H3,(H,27,29)/b21-11-. The van der Waals surface area contributed by atoms with Crippen LogP contribution in [0.25, 0.3) is 6.08 Å². The zero-order valence-corrected chi connectivity index (χ0v) is 22.6. The molecule has 0 spiro atoms. The molecule has 0 aliphatic carbocycles. The first-order valence-corrected chi connectivity index (χ1v) is 12.5. The Bertz CT molecular complexity index is 1250. The Morgan fingerprint density at radius 3 is 2.56 bits per heavy atom. The molecule has 0 aromatic heterocycles. The Kier molecular flexibility index (Phi) is 9.16. The van der Waals surface area contributed by atoms with E-state index in [0.717, 1.165) is 32.3 Å². The lowest BCUT2D eigenvalue weighted by Crippen LogP contribution is -2.34. The molecule has 0 atom stereocenters. The number of rotatable bonds is 9. The van der Waals surface area contributed by atoms with Gasteiger partial charge >= 0.3 is 5.97 Å². The Hall–Kier alpha value is -3.31. The van der Waals surface area contributed by atoms with Crippen molar-refractivity contribution in [3.63, 3.8) is 0 Å². The molecule has 3 rings (SSSR count). The van der Waals surface area contributed by atoms with Gasteiger partial charge in [0, 0.05) is 10.2 Å². The van der Waals surface area contributed by atoms with E-state index < -0.39 is 23.7 Å². The minimum Gasteiger partial charge on any atom is -0.493 e. The topological polar surface area (TPSA) is 111 Å². The van der Waals surface area contributed by atoms with Crippen LogP contribution in [-0.4, -0.2) is 54.8 Å². The second-order valence-corrected chi connectivity index (χ2v) is 9.51. The number of nitrogens with zero attached hydrogens (tertiary/aromatic N) is 1. The number of hydrogen-bond donors (Lipinski definition) is 1. The molecule has 2 aromatic rings. The number of amides is 3. The van der Waals surface area contributed by atoms with Crippen LogP contribution in [-0.2, 0) is 19.1 Å². The molecule has 9 nitrogen and oxygen atoms in total. The summed E-state index contributed by atoms with van der Waals surface area (Å²) in [6.07, 6.45) is 1.52. The van der Waals surface area contributed by atoms with Crippen LogP contribution < -0.4 is 14.8 Å². The van der Waals surface area contributed by atoms with E-state index in [1.54, 1.807) is 25.1 Å². The van der Waals surface area contributed by atoms with Gasteiger partial charge in [0.25, 0.3) is 17.1 Å². The van der Waals surface area contributed by atoms with Gasteiger partial charge in [-0.2, -0.15) is 0 Å². The fourth-order valence-corrected chi connectivity index (χ4v) is 4.54. The first kappa shape index (κ1) is 27.3. The molecule has 0 unspecified atom stereocenters. The zero-order valence-electron chi connectivity index (χ0n) is 20.2. The van der Waals surface area contributed by atoms with Gasteiger partial charge in [0.05, 0.1) is 18.6 Å². The second-order valence-electron chi connectivity index (χ2n) is 7.66. The van der Waals surface area contributed by atoms with Crippen LogP contribution in [0.2, 0.25) is 0 Å². The number of halogens is 1. The van der Waals surface area contributed by atoms with Gasteiger partial charge in [0.1, 0.15) is 6.54 Å². The van der Waals surface area contributed by atoms with Crippen molar-refractivity contribution in [1.29, 1.82) is 0 Å². The van der Waals surface area contributed by atoms with E-state index in [4.69, 9.17) is 14.2 Å². The lowest BCUT2D eigenvalue weighted by molar-refractivity contribution is -0.146. The molecule has 0 saturated carbocycles. The highest BCUT2D eigenvalue weighted by atomic mass is 79.9. The molecule has 3 amide bonds. The number of anilines is 1. The van der Waals surface area contributed by atoms with Gasteiger partial charge in [-0.3, -0.25) is 24.1 Å². The van der Waals surface area contributed by atoms with Crippen molar-refractivity contribution in [3.05, 3.63) is 56.4 Å². The quantitative estimate of drug-likeness (QED) is 0.338. The van der Waals surface area contributed by atoms with Crippen LogP contribution in [0, 0.1) is 13.8 Å². The molecular weight excluding hydrogens is 552 g/mol. The van der Waals surface area contributed by atoms with Gasteiger partial charge < -0.3 is 19.5 Å². The van der Waals surface area contributed by atoms with Gasteiger partial charge in [-0.1, -0.05) is 22.0 Å². The number of hydrogen-bond acceptors (Lipinski definition) is 8. The molecule has 1 N–H and O–H groups in total. The van der Waals surface area contributed by atoms with E-state index in [2.05, 4.69) is 21.2 Å². The monoisotopic (exact) mass is 576 g/mol. The summed E-state index contributed by atoms with van der Waals surface area (Å²) in [4.78, 5) is 49.9. The van der Waals surface area contributed by atoms with Crippen molar-refractivity contribution in [2.75, 3.05) is 32.2 Å². The lowest BCUT2D eigenvalue weighted by atomic mass is 10.1. The summed E-state index contributed by atoms with van der Waals surface area (Å²) in [5, 5.41) is 2.29. The Balaban J connectivity index is 1.67. The first-order valence-electron chi connectivity index (χ1n) is 10.9. The third-order valence-corrected chi connectivity index (χ3v) is 7.07. The first-order chi connectivity index (χ1) is 17.1. The van der Waals surface area contributed by atoms with Crippen molar-refractivity contribution >= 4 is 62.5 Å². The van der Waals surface area contributed by atoms with E-state index in [1.807, 2.05) is 26.0 Å². The van der Waals surface area contributed by atoms with Crippen LogP contribution in [0.1, 0.15) is 23.6 Å². The lowest BCUT2D eigenvalue weighted by Gasteiger charge is -2.14. The predicted molar refractivity (Wildman–Crippen MR) is 140 cm³/mol. The van der Waals surface area contributed by atoms with Gasteiger partial charge in [-0.15, -0.1) is 0 Å². The highest BCUT2D eigenvalue weighted by molar-refractivity contribution is 9.10.